The van der Waals surface area contributed by atoms with Crippen molar-refractivity contribution in [2.45, 2.75) is 38.0 Å². The largest absolute Gasteiger partial charge is 0.393 e. The van der Waals surface area contributed by atoms with E-state index in [-0.39, 0.29) is 18.0 Å². The van der Waals surface area contributed by atoms with Gasteiger partial charge in [0.1, 0.15) is 0 Å². The van der Waals surface area contributed by atoms with Crippen LogP contribution in [-0.2, 0) is 11.2 Å². The van der Waals surface area contributed by atoms with Crippen molar-refractivity contribution in [3.05, 3.63) is 64.3 Å². The molecule has 1 aromatic heterocycles. The van der Waals surface area contributed by atoms with E-state index in [0.717, 1.165) is 22.1 Å². The molecule has 1 fully saturated rings. The van der Waals surface area contributed by atoms with Crippen LogP contribution in [0.5, 0.6) is 0 Å². The summed E-state index contributed by atoms with van der Waals surface area (Å²) in [6.07, 6.45) is 0.472. The monoisotopic (exact) mass is 510 g/mol. The molecule has 3 heterocycles. The molecular formula is C25H27BrN4O3. The highest BCUT2D eigenvalue weighted by Gasteiger charge is 2.49. The summed E-state index contributed by atoms with van der Waals surface area (Å²) in [5.74, 6) is -0.772. The predicted octanol–water partition coefficient (Wildman–Crippen LogP) is 4.29. The summed E-state index contributed by atoms with van der Waals surface area (Å²) in [4.78, 5) is 33.6. The Morgan fingerprint density at radius 2 is 1.97 bits per heavy atom. The van der Waals surface area contributed by atoms with E-state index in [9.17, 15) is 14.7 Å². The second-order valence-electron chi connectivity index (χ2n) is 8.98. The number of benzene rings is 2. The van der Waals surface area contributed by atoms with E-state index in [1.165, 1.54) is 10.9 Å². The minimum atomic E-state index is -0.865. The van der Waals surface area contributed by atoms with Crippen LogP contribution in [0.3, 0.4) is 0 Å². The first-order valence-corrected chi connectivity index (χ1v) is 12.0. The molecule has 0 aliphatic carbocycles. The number of hydrogen-bond acceptors (Lipinski definition) is 3. The first-order valence-electron chi connectivity index (χ1n) is 11.2. The third-order valence-corrected chi connectivity index (χ3v) is 7.57. The van der Waals surface area contributed by atoms with E-state index in [2.05, 4.69) is 38.4 Å². The van der Waals surface area contributed by atoms with Crippen molar-refractivity contribution in [2.75, 3.05) is 18.9 Å². The highest BCUT2D eigenvalue weighted by molar-refractivity contribution is 9.10. The fraction of sp³-hybridized carbons (Fsp3) is 0.360. The number of aromatic nitrogens is 1. The van der Waals surface area contributed by atoms with E-state index in [0.29, 0.717) is 18.7 Å². The fourth-order valence-electron chi connectivity index (χ4n) is 5.38. The Hall–Kier alpha value is -2.84. The number of carbonyl (C=O) groups is 2. The van der Waals surface area contributed by atoms with Gasteiger partial charge in [0.05, 0.1) is 18.1 Å². The molecule has 3 amide bonds. The second kappa shape index (κ2) is 8.50. The molecule has 0 spiro atoms. The molecule has 0 radical (unpaired) electrons. The fourth-order valence-corrected chi connectivity index (χ4v) is 5.65. The van der Waals surface area contributed by atoms with Crippen LogP contribution < -0.4 is 5.32 Å². The molecule has 1 saturated heterocycles. The highest BCUT2D eigenvalue weighted by atomic mass is 79.9. The Kier molecular flexibility index (Phi) is 5.66. The lowest BCUT2D eigenvalue weighted by Gasteiger charge is -2.48. The molecule has 172 valence electrons. The molecule has 3 N–H and O–H groups in total. The molecule has 0 bridgehead atoms. The quantitative estimate of drug-likeness (QED) is 0.490. The maximum atomic E-state index is 13.5. The van der Waals surface area contributed by atoms with Gasteiger partial charge in [-0.15, -0.1) is 0 Å². The Balaban J connectivity index is 1.46. The molecular weight excluding hydrogens is 484 g/mol. The molecule has 7 nitrogen and oxygen atoms in total. The van der Waals surface area contributed by atoms with Gasteiger partial charge < -0.3 is 25.2 Å². The Bertz CT molecular complexity index is 1210. The molecule has 33 heavy (non-hydrogen) atoms. The molecule has 5 rings (SSSR count). The van der Waals surface area contributed by atoms with E-state index in [4.69, 9.17) is 0 Å². The number of aliphatic hydroxyl groups excluding tert-OH is 1. The number of fused-ring (bicyclic) bond motifs is 5. The zero-order valence-electron chi connectivity index (χ0n) is 18.6. The summed E-state index contributed by atoms with van der Waals surface area (Å²) >= 11 is 3.40. The van der Waals surface area contributed by atoms with Gasteiger partial charge in [-0.05, 0) is 55.7 Å². The molecule has 4 atom stereocenters. The van der Waals surface area contributed by atoms with Gasteiger partial charge in [0.25, 0.3) is 0 Å². The van der Waals surface area contributed by atoms with Crippen LogP contribution in [0.15, 0.2) is 53.0 Å². The number of H-pyrrole nitrogens is 1. The van der Waals surface area contributed by atoms with E-state index < -0.39 is 18.1 Å². The predicted molar refractivity (Wildman–Crippen MR) is 131 cm³/mol. The average molecular weight is 511 g/mol. The molecule has 2 aliphatic rings. The van der Waals surface area contributed by atoms with Gasteiger partial charge in [-0.1, -0.05) is 34.1 Å². The van der Waals surface area contributed by atoms with Crippen LogP contribution in [-0.4, -0.2) is 57.6 Å². The van der Waals surface area contributed by atoms with Crippen molar-refractivity contribution < 1.29 is 14.7 Å². The maximum Gasteiger partial charge on any atom is 0.321 e. The number of aliphatic hydroxyl groups is 1. The summed E-state index contributed by atoms with van der Waals surface area (Å²) in [7, 11) is 1.70. The number of halogens is 1. The second-order valence-corrected chi connectivity index (χ2v) is 9.89. The Morgan fingerprint density at radius 1 is 1.24 bits per heavy atom. The number of aromatic amines is 1. The van der Waals surface area contributed by atoms with E-state index in [1.807, 2.05) is 41.3 Å². The molecule has 8 heteroatoms. The lowest BCUT2D eigenvalue weighted by molar-refractivity contribution is -0.151. The first kappa shape index (κ1) is 22.0. The Labute approximate surface area is 200 Å². The highest BCUT2D eigenvalue weighted by Crippen LogP contribution is 2.43. The maximum absolute atomic E-state index is 13.5. The number of anilines is 1. The summed E-state index contributed by atoms with van der Waals surface area (Å²) in [5, 5.41) is 14.6. The number of nitrogens with one attached hydrogen (secondary N) is 2. The summed E-state index contributed by atoms with van der Waals surface area (Å²) < 4.78 is 0.924. The number of amides is 3. The lowest BCUT2D eigenvalue weighted by Crippen LogP contribution is -2.60. The van der Waals surface area contributed by atoms with Crippen LogP contribution in [0, 0.1) is 5.92 Å². The van der Waals surface area contributed by atoms with Crippen molar-refractivity contribution in [1.82, 2.24) is 14.8 Å². The van der Waals surface area contributed by atoms with E-state index in [1.54, 1.807) is 18.9 Å². The topological polar surface area (TPSA) is 88.7 Å². The minimum Gasteiger partial charge on any atom is -0.393 e. The van der Waals surface area contributed by atoms with Crippen LogP contribution in [0.4, 0.5) is 10.5 Å². The zero-order valence-corrected chi connectivity index (χ0v) is 20.2. The van der Waals surface area contributed by atoms with Crippen LogP contribution >= 0.6 is 15.9 Å². The van der Waals surface area contributed by atoms with Crippen LogP contribution in [0.1, 0.15) is 30.6 Å². The molecule has 0 saturated carbocycles. The molecule has 2 aliphatic heterocycles. The number of piperidine rings is 1. The number of nitrogens with zero attached hydrogens (tertiary/aromatic N) is 2. The number of para-hydroxylation sites is 1. The summed E-state index contributed by atoms with van der Waals surface area (Å²) in [5.41, 5.74) is 4.03. The van der Waals surface area contributed by atoms with Crippen molar-refractivity contribution in [2.24, 2.45) is 5.92 Å². The molecule has 2 aromatic carbocycles. The van der Waals surface area contributed by atoms with Crippen LogP contribution in [0.25, 0.3) is 10.9 Å². The van der Waals surface area contributed by atoms with Gasteiger partial charge in [-0.3, -0.25) is 4.79 Å². The summed E-state index contributed by atoms with van der Waals surface area (Å²) in [6.45, 7) is 2.25. The van der Waals surface area contributed by atoms with Gasteiger partial charge >= 0.3 is 6.03 Å². The number of hydrogen-bond donors (Lipinski definition) is 3. The summed E-state index contributed by atoms with van der Waals surface area (Å²) in [6, 6.07) is 14.6. The van der Waals surface area contributed by atoms with Crippen molar-refractivity contribution in [1.29, 1.82) is 0 Å². The number of rotatable bonds is 3. The number of urea groups is 1. The Morgan fingerprint density at radius 3 is 2.70 bits per heavy atom. The van der Waals surface area contributed by atoms with Crippen LogP contribution in [0.2, 0.25) is 0 Å². The molecule has 3 aromatic rings. The van der Waals surface area contributed by atoms with Gasteiger partial charge in [0.15, 0.2) is 0 Å². The standard InChI is InChI=1S/C25H27BrN4O3/c1-14(31)22-20(29(2)25(33)27-16-9-7-15(26)8-10-16)13-21-23-18(11-12-30(21)24(22)32)17-5-3-4-6-19(17)28-23/h3-10,14,20-22,28,31H,11-13H2,1-2H3,(H,27,33)/t14-,20-,21-,22-/m0/s1. The molecule has 0 unspecified atom stereocenters. The van der Waals surface area contributed by atoms with E-state index >= 15 is 0 Å². The lowest BCUT2D eigenvalue weighted by atomic mass is 9.79. The van der Waals surface area contributed by atoms with Gasteiger partial charge in [0, 0.05) is 46.4 Å². The SMILES string of the molecule is C[C@H](O)[C@@H]1C(=O)N2CCc3c([nH]c4ccccc34)[C@@H]2C[C@@H]1N(C)C(=O)Nc1ccc(Br)cc1. The minimum absolute atomic E-state index is 0.0983. The third-order valence-electron chi connectivity index (χ3n) is 7.04. The third kappa shape index (κ3) is 3.81. The van der Waals surface area contributed by atoms with Gasteiger partial charge in [-0.2, -0.15) is 0 Å². The van der Waals surface area contributed by atoms with Crippen molar-refractivity contribution in [3.63, 3.8) is 0 Å². The van der Waals surface area contributed by atoms with Crippen molar-refractivity contribution >= 4 is 44.5 Å². The first-order chi connectivity index (χ1) is 15.8. The average Bonchev–Trinajstić information content (AvgIpc) is 3.19. The normalized spacial score (nSPS) is 23.1. The number of carbonyl (C=O) groups excluding carboxylic acids is 2. The zero-order chi connectivity index (χ0) is 23.3. The van der Waals surface area contributed by atoms with Gasteiger partial charge in [-0.25, -0.2) is 4.79 Å². The van der Waals surface area contributed by atoms with Crippen molar-refractivity contribution in [3.8, 4) is 0 Å². The van der Waals surface area contributed by atoms with Gasteiger partial charge in [0.2, 0.25) is 5.91 Å². The smallest absolute Gasteiger partial charge is 0.321 e.